The van der Waals surface area contributed by atoms with Gasteiger partial charge in [0.25, 0.3) is 0 Å². The summed E-state index contributed by atoms with van der Waals surface area (Å²) in [4.78, 5) is 24.2. The number of ether oxygens (including phenoxy) is 1. The molecular formula is C22H27N3O3. The van der Waals surface area contributed by atoms with Gasteiger partial charge < -0.3 is 21.1 Å². The second-order valence-electron chi connectivity index (χ2n) is 6.50. The van der Waals surface area contributed by atoms with Crippen molar-refractivity contribution in [3.05, 3.63) is 72.3 Å². The van der Waals surface area contributed by atoms with Crippen LogP contribution in [0.3, 0.4) is 0 Å². The molecule has 0 bridgehead atoms. The van der Waals surface area contributed by atoms with Crippen LogP contribution in [0.25, 0.3) is 0 Å². The summed E-state index contributed by atoms with van der Waals surface area (Å²) in [6.45, 7) is 1.63. The SMILES string of the molecule is COc1ccc(NC(=O)C=C[C@H](CCc2ccccc2)NC(=O)[C@H](C)N)cc1. The van der Waals surface area contributed by atoms with Gasteiger partial charge in [0.2, 0.25) is 11.8 Å². The zero-order valence-electron chi connectivity index (χ0n) is 16.2. The van der Waals surface area contributed by atoms with Gasteiger partial charge >= 0.3 is 0 Å². The first kappa shape index (κ1) is 21.2. The van der Waals surface area contributed by atoms with E-state index < -0.39 is 6.04 Å². The van der Waals surface area contributed by atoms with Crippen LogP contribution < -0.4 is 21.1 Å². The Labute approximate surface area is 165 Å². The number of hydrogen-bond donors (Lipinski definition) is 3. The highest BCUT2D eigenvalue weighted by molar-refractivity contribution is 5.99. The lowest BCUT2D eigenvalue weighted by Gasteiger charge is -2.17. The Bertz CT molecular complexity index is 786. The van der Waals surface area contributed by atoms with E-state index in [1.54, 1.807) is 44.4 Å². The number of carbonyl (C=O) groups is 2. The van der Waals surface area contributed by atoms with E-state index in [0.29, 0.717) is 17.9 Å². The van der Waals surface area contributed by atoms with Crippen molar-refractivity contribution in [2.75, 3.05) is 12.4 Å². The number of benzene rings is 2. The lowest BCUT2D eigenvalue weighted by atomic mass is 10.0. The maximum Gasteiger partial charge on any atom is 0.248 e. The van der Waals surface area contributed by atoms with Crippen molar-refractivity contribution >= 4 is 17.5 Å². The van der Waals surface area contributed by atoms with E-state index in [9.17, 15) is 9.59 Å². The Morgan fingerprint density at radius 1 is 1.11 bits per heavy atom. The predicted molar refractivity (Wildman–Crippen MR) is 111 cm³/mol. The third-order valence-electron chi connectivity index (χ3n) is 4.17. The highest BCUT2D eigenvalue weighted by Gasteiger charge is 2.13. The van der Waals surface area contributed by atoms with Gasteiger partial charge in [0.1, 0.15) is 5.75 Å². The maximum absolute atomic E-state index is 12.2. The third kappa shape index (κ3) is 7.25. The monoisotopic (exact) mass is 381 g/mol. The number of anilines is 1. The van der Waals surface area contributed by atoms with Crippen LogP contribution in [0.2, 0.25) is 0 Å². The minimum absolute atomic E-state index is 0.252. The van der Waals surface area contributed by atoms with Gasteiger partial charge in [-0.2, -0.15) is 0 Å². The molecule has 0 unspecified atom stereocenters. The maximum atomic E-state index is 12.2. The molecule has 28 heavy (non-hydrogen) atoms. The summed E-state index contributed by atoms with van der Waals surface area (Å²) in [6, 6.07) is 16.1. The molecule has 6 nitrogen and oxygen atoms in total. The largest absolute Gasteiger partial charge is 0.497 e. The van der Waals surface area contributed by atoms with Gasteiger partial charge in [-0.1, -0.05) is 36.4 Å². The standard InChI is InChI=1S/C22H27N3O3/c1-16(23)22(27)25-19(9-8-17-6-4-3-5-7-17)12-15-21(26)24-18-10-13-20(28-2)14-11-18/h3-7,10-16,19H,8-9,23H2,1-2H3,(H,24,26)(H,25,27)/t16-,19-/m0/s1. The van der Waals surface area contributed by atoms with Gasteiger partial charge in [-0.3, -0.25) is 9.59 Å². The Kier molecular flexibility index (Phi) is 8.24. The zero-order valence-corrected chi connectivity index (χ0v) is 16.2. The molecule has 4 N–H and O–H groups in total. The molecule has 2 aromatic rings. The van der Waals surface area contributed by atoms with Crippen molar-refractivity contribution in [1.29, 1.82) is 0 Å². The first-order chi connectivity index (χ1) is 13.5. The summed E-state index contributed by atoms with van der Waals surface area (Å²) < 4.78 is 5.10. The number of aryl methyl sites for hydroxylation is 1. The summed E-state index contributed by atoms with van der Waals surface area (Å²) in [5.41, 5.74) is 7.48. The van der Waals surface area contributed by atoms with Gasteiger partial charge in [0.05, 0.1) is 13.2 Å². The summed E-state index contributed by atoms with van der Waals surface area (Å²) >= 11 is 0. The van der Waals surface area contributed by atoms with Crippen LogP contribution >= 0.6 is 0 Å². The fourth-order valence-corrected chi connectivity index (χ4v) is 2.56. The molecular weight excluding hydrogens is 354 g/mol. The smallest absolute Gasteiger partial charge is 0.248 e. The van der Waals surface area contributed by atoms with Crippen molar-refractivity contribution in [2.45, 2.75) is 31.8 Å². The summed E-state index contributed by atoms with van der Waals surface area (Å²) in [6.07, 6.45) is 4.56. The lowest BCUT2D eigenvalue weighted by Crippen LogP contribution is -2.43. The van der Waals surface area contributed by atoms with E-state index >= 15 is 0 Å². The average Bonchev–Trinajstić information content (AvgIpc) is 2.71. The molecule has 0 aliphatic heterocycles. The number of nitrogens with one attached hydrogen (secondary N) is 2. The fourth-order valence-electron chi connectivity index (χ4n) is 2.56. The molecule has 2 amide bonds. The first-order valence-corrected chi connectivity index (χ1v) is 9.21. The Balaban J connectivity index is 1.97. The number of hydrogen-bond acceptors (Lipinski definition) is 4. The number of rotatable bonds is 9. The molecule has 0 saturated heterocycles. The van der Waals surface area contributed by atoms with Crippen LogP contribution in [0.1, 0.15) is 18.9 Å². The number of amides is 2. The van der Waals surface area contributed by atoms with E-state index in [1.165, 1.54) is 11.6 Å². The van der Waals surface area contributed by atoms with Gasteiger partial charge in [0, 0.05) is 17.8 Å². The molecule has 0 radical (unpaired) electrons. The molecule has 0 aromatic heterocycles. The molecule has 0 saturated carbocycles. The minimum Gasteiger partial charge on any atom is -0.497 e. The molecule has 0 aliphatic rings. The normalized spacial score (nSPS) is 13.0. The summed E-state index contributed by atoms with van der Waals surface area (Å²) in [5.74, 6) is 0.191. The molecule has 2 rings (SSSR count). The van der Waals surface area contributed by atoms with Gasteiger partial charge in [0.15, 0.2) is 0 Å². The van der Waals surface area contributed by atoms with Gasteiger partial charge in [-0.15, -0.1) is 0 Å². The molecule has 0 fully saturated rings. The number of nitrogens with two attached hydrogens (primary N) is 1. The summed E-state index contributed by atoms with van der Waals surface area (Å²) in [5, 5.41) is 5.65. The quantitative estimate of drug-likeness (QED) is 0.582. The zero-order chi connectivity index (χ0) is 20.4. The van der Waals surface area contributed by atoms with Crippen molar-refractivity contribution in [3.63, 3.8) is 0 Å². The molecule has 0 heterocycles. The number of carbonyl (C=O) groups excluding carboxylic acids is 2. The van der Waals surface area contributed by atoms with Gasteiger partial charge in [-0.25, -0.2) is 0 Å². The Hall–Kier alpha value is -3.12. The van der Waals surface area contributed by atoms with Crippen molar-refractivity contribution in [2.24, 2.45) is 5.73 Å². The van der Waals surface area contributed by atoms with E-state index in [2.05, 4.69) is 10.6 Å². The average molecular weight is 381 g/mol. The van der Waals surface area contributed by atoms with Crippen molar-refractivity contribution < 1.29 is 14.3 Å². The van der Waals surface area contributed by atoms with E-state index in [4.69, 9.17) is 10.5 Å². The Morgan fingerprint density at radius 3 is 2.39 bits per heavy atom. The van der Waals surface area contributed by atoms with Crippen LogP contribution in [0.4, 0.5) is 5.69 Å². The first-order valence-electron chi connectivity index (χ1n) is 9.21. The highest BCUT2D eigenvalue weighted by atomic mass is 16.5. The highest BCUT2D eigenvalue weighted by Crippen LogP contribution is 2.15. The molecule has 2 atom stereocenters. The van der Waals surface area contributed by atoms with Crippen LogP contribution in [0.5, 0.6) is 5.75 Å². The second-order valence-corrected chi connectivity index (χ2v) is 6.50. The predicted octanol–water partition coefficient (Wildman–Crippen LogP) is 2.65. The van der Waals surface area contributed by atoms with Crippen molar-refractivity contribution in [3.8, 4) is 5.75 Å². The summed E-state index contributed by atoms with van der Waals surface area (Å²) in [7, 11) is 1.59. The molecule has 0 aliphatic carbocycles. The molecule has 6 heteroatoms. The van der Waals surface area contributed by atoms with E-state index in [1.807, 2.05) is 30.3 Å². The molecule has 0 spiro atoms. The lowest BCUT2D eigenvalue weighted by molar-refractivity contribution is -0.122. The van der Waals surface area contributed by atoms with Crippen LogP contribution in [-0.2, 0) is 16.0 Å². The van der Waals surface area contributed by atoms with Crippen LogP contribution in [0.15, 0.2) is 66.7 Å². The van der Waals surface area contributed by atoms with E-state index in [-0.39, 0.29) is 17.9 Å². The Morgan fingerprint density at radius 2 is 1.79 bits per heavy atom. The number of methoxy groups -OCH3 is 1. The fraction of sp³-hybridized carbons (Fsp3) is 0.273. The topological polar surface area (TPSA) is 93.5 Å². The third-order valence-corrected chi connectivity index (χ3v) is 4.17. The van der Waals surface area contributed by atoms with Crippen molar-refractivity contribution in [1.82, 2.24) is 5.32 Å². The van der Waals surface area contributed by atoms with E-state index in [0.717, 1.165) is 6.42 Å². The van der Waals surface area contributed by atoms with Crippen LogP contribution in [-0.4, -0.2) is 31.0 Å². The van der Waals surface area contributed by atoms with Gasteiger partial charge in [-0.05, 0) is 49.6 Å². The van der Waals surface area contributed by atoms with Crippen LogP contribution in [0, 0.1) is 0 Å². The molecule has 2 aromatic carbocycles. The minimum atomic E-state index is -0.610. The second kappa shape index (κ2) is 10.9. The molecule has 148 valence electrons.